The van der Waals surface area contributed by atoms with Crippen LogP contribution in [0.25, 0.3) is 22.0 Å². The second-order valence-electron chi connectivity index (χ2n) is 4.59. The predicted molar refractivity (Wildman–Crippen MR) is 80.9 cm³/mol. The van der Waals surface area contributed by atoms with Crippen LogP contribution in [-0.4, -0.2) is 4.98 Å². The normalized spacial score (nSPS) is 12.5. The van der Waals surface area contributed by atoms with Crippen molar-refractivity contribution in [3.05, 3.63) is 72.9 Å². The lowest BCUT2D eigenvalue weighted by atomic mass is 9.99. The molecule has 3 N–H and O–H groups in total. The molecule has 0 saturated heterocycles. The van der Waals surface area contributed by atoms with E-state index in [0.29, 0.717) is 0 Å². The van der Waals surface area contributed by atoms with E-state index >= 15 is 0 Å². The lowest BCUT2D eigenvalue weighted by Crippen LogP contribution is -2.08. The monoisotopic (exact) mass is 248 g/mol. The van der Waals surface area contributed by atoms with Gasteiger partial charge in [-0.25, -0.2) is 0 Å². The molecule has 1 heterocycles. The van der Waals surface area contributed by atoms with E-state index in [9.17, 15) is 0 Å². The van der Waals surface area contributed by atoms with Crippen molar-refractivity contribution in [3.8, 4) is 11.1 Å². The molecular weight excluding hydrogens is 232 g/mol. The second-order valence-corrected chi connectivity index (χ2v) is 4.59. The summed E-state index contributed by atoms with van der Waals surface area (Å²) in [7, 11) is 0. The molecule has 19 heavy (non-hydrogen) atoms. The van der Waals surface area contributed by atoms with E-state index < -0.39 is 0 Å². The summed E-state index contributed by atoms with van der Waals surface area (Å²) < 4.78 is 0. The quantitative estimate of drug-likeness (QED) is 0.675. The molecule has 0 aliphatic carbocycles. The first-order valence-corrected chi connectivity index (χ1v) is 6.35. The van der Waals surface area contributed by atoms with Gasteiger partial charge in [-0.1, -0.05) is 54.6 Å². The Bertz CT molecular complexity index is 710. The lowest BCUT2D eigenvalue weighted by Gasteiger charge is -2.08. The Hall–Kier alpha value is -2.32. The maximum atomic E-state index is 6.15. The van der Waals surface area contributed by atoms with Gasteiger partial charge in [0.05, 0.1) is 6.04 Å². The van der Waals surface area contributed by atoms with E-state index in [2.05, 4.69) is 35.8 Å². The van der Waals surface area contributed by atoms with Crippen LogP contribution >= 0.6 is 0 Å². The van der Waals surface area contributed by atoms with E-state index in [4.69, 9.17) is 5.73 Å². The van der Waals surface area contributed by atoms with Crippen molar-refractivity contribution in [2.24, 2.45) is 5.73 Å². The number of aromatic nitrogens is 1. The molecule has 0 fully saturated rings. The van der Waals surface area contributed by atoms with Crippen LogP contribution in [0.3, 0.4) is 0 Å². The SMILES string of the molecule is C=CC(N)c1[nH]c2ccccc2c1-c1ccccc1. The standard InChI is InChI=1S/C17H16N2/c1-2-14(18)17-16(12-8-4-3-5-9-12)13-10-6-7-11-15(13)19-17/h2-11,14,19H,1,18H2. The van der Waals surface area contributed by atoms with Crippen LogP contribution in [0.15, 0.2) is 67.3 Å². The first-order chi connectivity index (χ1) is 9.31. The Balaban J connectivity index is 2.34. The van der Waals surface area contributed by atoms with Crippen molar-refractivity contribution in [1.82, 2.24) is 4.98 Å². The molecule has 0 spiro atoms. The van der Waals surface area contributed by atoms with Crippen molar-refractivity contribution in [2.75, 3.05) is 0 Å². The maximum absolute atomic E-state index is 6.15. The second kappa shape index (κ2) is 4.75. The third kappa shape index (κ3) is 1.96. The maximum Gasteiger partial charge on any atom is 0.0637 e. The lowest BCUT2D eigenvalue weighted by molar-refractivity contribution is 0.883. The molecule has 1 unspecified atom stereocenters. The van der Waals surface area contributed by atoms with Gasteiger partial charge in [-0.3, -0.25) is 0 Å². The molecule has 1 aromatic heterocycles. The average Bonchev–Trinajstić information content (AvgIpc) is 2.86. The molecule has 1 atom stereocenters. The van der Waals surface area contributed by atoms with Crippen LogP contribution in [0.5, 0.6) is 0 Å². The van der Waals surface area contributed by atoms with Gasteiger partial charge in [0.25, 0.3) is 0 Å². The van der Waals surface area contributed by atoms with Gasteiger partial charge in [0.15, 0.2) is 0 Å². The van der Waals surface area contributed by atoms with Gasteiger partial charge >= 0.3 is 0 Å². The van der Waals surface area contributed by atoms with Crippen molar-refractivity contribution in [3.63, 3.8) is 0 Å². The van der Waals surface area contributed by atoms with Crippen LogP contribution in [-0.2, 0) is 0 Å². The number of benzene rings is 2. The zero-order chi connectivity index (χ0) is 13.2. The summed E-state index contributed by atoms with van der Waals surface area (Å²) in [4.78, 5) is 3.42. The summed E-state index contributed by atoms with van der Waals surface area (Å²) in [5.41, 5.74) is 10.6. The third-order valence-corrected chi connectivity index (χ3v) is 3.38. The first-order valence-electron chi connectivity index (χ1n) is 6.35. The number of rotatable bonds is 3. The summed E-state index contributed by atoms with van der Waals surface area (Å²) in [5, 5.41) is 1.20. The third-order valence-electron chi connectivity index (χ3n) is 3.38. The minimum Gasteiger partial charge on any atom is -0.356 e. The zero-order valence-electron chi connectivity index (χ0n) is 10.6. The molecule has 0 bridgehead atoms. The molecule has 2 heteroatoms. The fraction of sp³-hybridized carbons (Fsp3) is 0.0588. The number of nitrogens with one attached hydrogen (secondary N) is 1. The van der Waals surface area contributed by atoms with Crippen LogP contribution < -0.4 is 5.73 Å². The van der Waals surface area contributed by atoms with Crippen molar-refractivity contribution in [2.45, 2.75) is 6.04 Å². The first kappa shape index (κ1) is 11.8. The highest BCUT2D eigenvalue weighted by atomic mass is 14.8. The number of aromatic amines is 1. The van der Waals surface area contributed by atoms with Crippen molar-refractivity contribution in [1.29, 1.82) is 0 Å². The summed E-state index contributed by atoms with van der Waals surface area (Å²) in [6.45, 7) is 3.80. The zero-order valence-corrected chi connectivity index (χ0v) is 10.6. The van der Waals surface area contributed by atoms with Gasteiger partial charge in [-0.05, 0) is 11.6 Å². The minimum atomic E-state index is -0.192. The van der Waals surface area contributed by atoms with Crippen LogP contribution in [0.1, 0.15) is 11.7 Å². The molecule has 3 aromatic rings. The molecule has 0 aliphatic heterocycles. The Kier molecular flexibility index (Phi) is 2.94. The minimum absolute atomic E-state index is 0.192. The molecular formula is C17H16N2. The van der Waals surface area contributed by atoms with E-state index in [1.165, 1.54) is 16.5 Å². The molecule has 0 saturated carbocycles. The average molecular weight is 248 g/mol. The number of nitrogens with two attached hydrogens (primary N) is 1. The van der Waals surface area contributed by atoms with Crippen LogP contribution in [0.2, 0.25) is 0 Å². The van der Waals surface area contributed by atoms with Gasteiger partial charge < -0.3 is 10.7 Å². The van der Waals surface area contributed by atoms with Gasteiger partial charge in [0.2, 0.25) is 0 Å². The molecule has 3 rings (SSSR count). The van der Waals surface area contributed by atoms with E-state index in [1.807, 2.05) is 30.3 Å². The van der Waals surface area contributed by atoms with Gasteiger partial charge in [-0.2, -0.15) is 0 Å². The topological polar surface area (TPSA) is 41.8 Å². The number of para-hydroxylation sites is 1. The molecule has 2 nitrogen and oxygen atoms in total. The molecule has 94 valence electrons. The van der Waals surface area contributed by atoms with E-state index in [1.54, 1.807) is 6.08 Å². The Morgan fingerprint density at radius 3 is 2.42 bits per heavy atom. The number of fused-ring (bicyclic) bond motifs is 1. The number of hydrogen-bond donors (Lipinski definition) is 2. The van der Waals surface area contributed by atoms with Crippen molar-refractivity contribution < 1.29 is 0 Å². The van der Waals surface area contributed by atoms with E-state index in [0.717, 1.165) is 11.2 Å². The van der Waals surface area contributed by atoms with Gasteiger partial charge in [0.1, 0.15) is 0 Å². The Labute approximate surface area is 112 Å². The largest absolute Gasteiger partial charge is 0.356 e. The predicted octanol–water partition coefficient (Wildman–Crippen LogP) is 4.02. The molecule has 0 aliphatic rings. The Morgan fingerprint density at radius 1 is 1.00 bits per heavy atom. The van der Waals surface area contributed by atoms with E-state index in [-0.39, 0.29) is 6.04 Å². The number of H-pyrrole nitrogens is 1. The van der Waals surface area contributed by atoms with Gasteiger partial charge in [-0.15, -0.1) is 6.58 Å². The molecule has 0 amide bonds. The highest BCUT2D eigenvalue weighted by Crippen LogP contribution is 2.34. The van der Waals surface area contributed by atoms with Crippen LogP contribution in [0.4, 0.5) is 0 Å². The molecule has 0 radical (unpaired) electrons. The summed E-state index contributed by atoms with van der Waals surface area (Å²) >= 11 is 0. The highest BCUT2D eigenvalue weighted by molar-refractivity contribution is 5.97. The summed E-state index contributed by atoms with van der Waals surface area (Å²) in [6.07, 6.45) is 1.76. The smallest absolute Gasteiger partial charge is 0.0637 e. The molecule has 2 aromatic carbocycles. The van der Waals surface area contributed by atoms with Crippen LogP contribution in [0, 0.1) is 0 Å². The summed E-state index contributed by atoms with van der Waals surface area (Å²) in [6, 6.07) is 18.4. The summed E-state index contributed by atoms with van der Waals surface area (Å²) in [5.74, 6) is 0. The van der Waals surface area contributed by atoms with Crippen molar-refractivity contribution >= 4 is 10.9 Å². The fourth-order valence-electron chi connectivity index (χ4n) is 2.45. The van der Waals surface area contributed by atoms with Gasteiger partial charge in [0, 0.05) is 22.2 Å². The highest BCUT2D eigenvalue weighted by Gasteiger charge is 2.16. The fourth-order valence-corrected chi connectivity index (χ4v) is 2.45. The number of hydrogen-bond acceptors (Lipinski definition) is 1. The Morgan fingerprint density at radius 2 is 1.68 bits per heavy atom.